The van der Waals surface area contributed by atoms with E-state index in [2.05, 4.69) is 20.6 Å². The van der Waals surface area contributed by atoms with Gasteiger partial charge in [0.2, 0.25) is 5.95 Å². The SMILES string of the molecule is CCCNC(=O)c1cc(C)nc(NCC2CCCO2)n1. The number of aryl methyl sites for hydroxylation is 1. The van der Waals surface area contributed by atoms with Crippen LogP contribution < -0.4 is 10.6 Å². The number of carbonyl (C=O) groups is 1. The molecule has 0 radical (unpaired) electrons. The fraction of sp³-hybridized carbons (Fsp3) is 0.643. The normalized spacial score (nSPS) is 18.0. The number of nitrogens with one attached hydrogen (secondary N) is 2. The highest BCUT2D eigenvalue weighted by Crippen LogP contribution is 2.12. The summed E-state index contributed by atoms with van der Waals surface area (Å²) >= 11 is 0. The lowest BCUT2D eigenvalue weighted by atomic mass is 10.2. The summed E-state index contributed by atoms with van der Waals surface area (Å²) in [5.74, 6) is 0.333. The smallest absolute Gasteiger partial charge is 0.270 e. The average Bonchev–Trinajstić information content (AvgIpc) is 2.95. The molecule has 20 heavy (non-hydrogen) atoms. The lowest BCUT2D eigenvalue weighted by Crippen LogP contribution is -2.26. The molecule has 1 aromatic heterocycles. The van der Waals surface area contributed by atoms with Crippen molar-refractivity contribution in [3.05, 3.63) is 17.5 Å². The molecule has 0 saturated carbocycles. The van der Waals surface area contributed by atoms with E-state index in [1.807, 2.05) is 13.8 Å². The quantitative estimate of drug-likeness (QED) is 0.825. The van der Waals surface area contributed by atoms with Crippen LogP contribution in [0, 0.1) is 6.92 Å². The van der Waals surface area contributed by atoms with E-state index in [4.69, 9.17) is 4.74 Å². The van der Waals surface area contributed by atoms with Crippen molar-refractivity contribution in [1.29, 1.82) is 0 Å². The van der Waals surface area contributed by atoms with Crippen LogP contribution in [0.25, 0.3) is 0 Å². The van der Waals surface area contributed by atoms with Crippen molar-refractivity contribution in [2.45, 2.75) is 39.2 Å². The minimum atomic E-state index is -0.155. The molecule has 1 atom stereocenters. The molecule has 2 rings (SSSR count). The van der Waals surface area contributed by atoms with E-state index in [-0.39, 0.29) is 12.0 Å². The molecule has 1 aliphatic rings. The van der Waals surface area contributed by atoms with Crippen LogP contribution >= 0.6 is 0 Å². The Labute approximate surface area is 119 Å². The molecule has 6 heteroatoms. The fourth-order valence-corrected chi connectivity index (χ4v) is 2.10. The maximum absolute atomic E-state index is 11.9. The molecule has 2 N–H and O–H groups in total. The number of anilines is 1. The van der Waals surface area contributed by atoms with Crippen LogP contribution in [0.15, 0.2) is 6.07 Å². The number of ether oxygens (including phenoxy) is 1. The first-order valence-corrected chi connectivity index (χ1v) is 7.18. The second-order valence-electron chi connectivity index (χ2n) is 4.99. The number of amides is 1. The minimum absolute atomic E-state index is 0.155. The summed E-state index contributed by atoms with van der Waals surface area (Å²) in [5, 5.41) is 5.97. The van der Waals surface area contributed by atoms with E-state index in [9.17, 15) is 4.79 Å². The van der Waals surface area contributed by atoms with Gasteiger partial charge in [-0.15, -0.1) is 0 Å². The van der Waals surface area contributed by atoms with Gasteiger partial charge in [-0.1, -0.05) is 6.92 Å². The summed E-state index contributed by atoms with van der Waals surface area (Å²) < 4.78 is 5.54. The molecule has 1 saturated heterocycles. The topological polar surface area (TPSA) is 76.1 Å². The zero-order chi connectivity index (χ0) is 14.4. The summed E-state index contributed by atoms with van der Waals surface area (Å²) in [5.41, 5.74) is 1.18. The Hall–Kier alpha value is -1.69. The maximum atomic E-state index is 11.9. The third kappa shape index (κ3) is 4.16. The second-order valence-corrected chi connectivity index (χ2v) is 4.99. The van der Waals surface area contributed by atoms with Crippen LogP contribution in [0.2, 0.25) is 0 Å². The van der Waals surface area contributed by atoms with Gasteiger partial charge in [-0.3, -0.25) is 4.79 Å². The van der Waals surface area contributed by atoms with Crippen molar-refractivity contribution in [1.82, 2.24) is 15.3 Å². The third-order valence-electron chi connectivity index (χ3n) is 3.13. The van der Waals surface area contributed by atoms with Crippen LogP contribution in [0.5, 0.6) is 0 Å². The molecular weight excluding hydrogens is 256 g/mol. The first-order valence-electron chi connectivity index (χ1n) is 7.18. The van der Waals surface area contributed by atoms with Crippen molar-refractivity contribution in [2.24, 2.45) is 0 Å². The lowest BCUT2D eigenvalue weighted by Gasteiger charge is -2.12. The third-order valence-corrected chi connectivity index (χ3v) is 3.13. The average molecular weight is 278 g/mol. The van der Waals surface area contributed by atoms with Gasteiger partial charge in [0.15, 0.2) is 0 Å². The van der Waals surface area contributed by atoms with Crippen molar-refractivity contribution in [3.8, 4) is 0 Å². The zero-order valence-electron chi connectivity index (χ0n) is 12.1. The monoisotopic (exact) mass is 278 g/mol. The van der Waals surface area contributed by atoms with Crippen molar-refractivity contribution < 1.29 is 9.53 Å². The van der Waals surface area contributed by atoms with Crippen LogP contribution in [0.4, 0.5) is 5.95 Å². The summed E-state index contributed by atoms with van der Waals surface area (Å²) in [6.07, 6.45) is 3.28. The molecule has 1 aromatic rings. The Morgan fingerprint density at radius 2 is 2.35 bits per heavy atom. The Kier molecular flexibility index (Phi) is 5.29. The van der Waals surface area contributed by atoms with E-state index in [1.165, 1.54) is 0 Å². The highest BCUT2D eigenvalue weighted by Gasteiger charge is 2.16. The highest BCUT2D eigenvalue weighted by molar-refractivity contribution is 5.92. The number of hydrogen-bond acceptors (Lipinski definition) is 5. The van der Waals surface area contributed by atoms with Gasteiger partial charge in [0, 0.05) is 25.4 Å². The van der Waals surface area contributed by atoms with Crippen molar-refractivity contribution >= 4 is 11.9 Å². The van der Waals surface area contributed by atoms with Crippen LogP contribution in [0.3, 0.4) is 0 Å². The molecule has 110 valence electrons. The molecule has 1 amide bonds. The largest absolute Gasteiger partial charge is 0.376 e. The molecular formula is C14H22N4O2. The highest BCUT2D eigenvalue weighted by atomic mass is 16.5. The second kappa shape index (κ2) is 7.19. The van der Waals surface area contributed by atoms with E-state index in [1.54, 1.807) is 6.07 Å². The summed E-state index contributed by atoms with van der Waals surface area (Å²) in [7, 11) is 0. The van der Waals surface area contributed by atoms with Crippen LogP contribution in [0.1, 0.15) is 42.4 Å². The van der Waals surface area contributed by atoms with Gasteiger partial charge in [0.05, 0.1) is 6.10 Å². The molecule has 1 unspecified atom stereocenters. The molecule has 0 spiro atoms. The number of rotatable bonds is 6. The van der Waals surface area contributed by atoms with Gasteiger partial charge >= 0.3 is 0 Å². The molecule has 0 bridgehead atoms. The van der Waals surface area contributed by atoms with Crippen molar-refractivity contribution in [3.63, 3.8) is 0 Å². The van der Waals surface area contributed by atoms with E-state index in [0.29, 0.717) is 24.7 Å². The van der Waals surface area contributed by atoms with E-state index >= 15 is 0 Å². The van der Waals surface area contributed by atoms with Gasteiger partial charge in [-0.05, 0) is 32.3 Å². The van der Waals surface area contributed by atoms with Gasteiger partial charge in [-0.25, -0.2) is 9.97 Å². The van der Waals surface area contributed by atoms with Gasteiger partial charge < -0.3 is 15.4 Å². The Morgan fingerprint density at radius 1 is 1.50 bits per heavy atom. The summed E-state index contributed by atoms with van der Waals surface area (Å²) in [6.45, 7) is 6.03. The standard InChI is InChI=1S/C14H22N4O2/c1-3-6-15-13(19)12-8-10(2)17-14(18-12)16-9-11-5-4-7-20-11/h8,11H,3-7,9H2,1-2H3,(H,15,19)(H,16,17,18). The lowest BCUT2D eigenvalue weighted by molar-refractivity contribution is 0.0948. The zero-order valence-corrected chi connectivity index (χ0v) is 12.1. The van der Waals surface area contributed by atoms with E-state index < -0.39 is 0 Å². The van der Waals surface area contributed by atoms with Gasteiger partial charge in [0.25, 0.3) is 5.91 Å². The van der Waals surface area contributed by atoms with Gasteiger partial charge in [-0.2, -0.15) is 0 Å². The number of carbonyl (C=O) groups excluding carboxylic acids is 1. The summed E-state index contributed by atoms with van der Waals surface area (Å²) in [6, 6.07) is 1.70. The number of hydrogen-bond donors (Lipinski definition) is 2. The first kappa shape index (κ1) is 14.7. The Bertz CT molecular complexity index is 458. The van der Waals surface area contributed by atoms with Crippen LogP contribution in [-0.2, 0) is 4.74 Å². The molecule has 1 aliphatic heterocycles. The molecule has 2 heterocycles. The Balaban J connectivity index is 1.98. The van der Waals surface area contributed by atoms with Crippen molar-refractivity contribution in [2.75, 3.05) is 25.0 Å². The predicted octanol–water partition coefficient (Wildman–Crippen LogP) is 1.52. The summed E-state index contributed by atoms with van der Waals surface area (Å²) in [4.78, 5) is 20.5. The fourth-order valence-electron chi connectivity index (χ4n) is 2.10. The molecule has 6 nitrogen and oxygen atoms in total. The van der Waals surface area contributed by atoms with E-state index in [0.717, 1.165) is 31.6 Å². The predicted molar refractivity (Wildman–Crippen MR) is 76.9 cm³/mol. The molecule has 0 aromatic carbocycles. The van der Waals surface area contributed by atoms with Gasteiger partial charge in [0.1, 0.15) is 5.69 Å². The molecule has 1 fully saturated rings. The first-order chi connectivity index (χ1) is 9.69. The number of nitrogens with zero attached hydrogens (tertiary/aromatic N) is 2. The number of aromatic nitrogens is 2. The maximum Gasteiger partial charge on any atom is 0.270 e. The minimum Gasteiger partial charge on any atom is -0.376 e. The Morgan fingerprint density at radius 3 is 3.05 bits per heavy atom. The van der Waals surface area contributed by atoms with Crippen LogP contribution in [-0.4, -0.2) is 41.7 Å². The molecule has 0 aliphatic carbocycles.